The monoisotopic (exact) mass is 278 g/mol. The molecule has 0 aliphatic rings. The lowest BCUT2D eigenvalue weighted by molar-refractivity contribution is 0.637. The van der Waals surface area contributed by atoms with E-state index in [-0.39, 0.29) is 5.56 Å². The first kappa shape index (κ1) is 13.9. The lowest BCUT2D eigenvalue weighted by Crippen LogP contribution is -2.16. The Morgan fingerprint density at radius 3 is 3.05 bits per heavy atom. The minimum absolute atomic E-state index is 0.113. The second kappa shape index (κ2) is 7.16. The highest BCUT2D eigenvalue weighted by atomic mass is 32.1. The highest BCUT2D eigenvalue weighted by Gasteiger charge is 2.06. The maximum absolute atomic E-state index is 11.2. The van der Waals surface area contributed by atoms with Gasteiger partial charge in [-0.05, 0) is 32.0 Å². The number of H-pyrrole nitrogens is 1. The summed E-state index contributed by atoms with van der Waals surface area (Å²) in [6.07, 6.45) is 4.78. The van der Waals surface area contributed by atoms with Gasteiger partial charge < -0.3 is 10.3 Å². The van der Waals surface area contributed by atoms with Crippen molar-refractivity contribution in [3.63, 3.8) is 0 Å². The maximum Gasteiger partial charge on any atom is 0.248 e. The van der Waals surface area contributed by atoms with Crippen LogP contribution in [-0.4, -0.2) is 28.3 Å². The summed E-state index contributed by atoms with van der Waals surface area (Å²) in [5, 5.41) is 13.5. The Balaban J connectivity index is 1.90. The second-order valence-electron chi connectivity index (χ2n) is 4.30. The minimum atomic E-state index is -0.113. The van der Waals surface area contributed by atoms with Crippen LogP contribution in [0.15, 0.2) is 23.1 Å². The van der Waals surface area contributed by atoms with Gasteiger partial charge in [0.1, 0.15) is 10.0 Å². The number of hydrogen-bond donors (Lipinski definition) is 2. The first-order valence-electron chi connectivity index (χ1n) is 6.52. The summed E-state index contributed by atoms with van der Waals surface area (Å²) in [5.74, 6) is 0. The molecule has 0 saturated carbocycles. The van der Waals surface area contributed by atoms with Gasteiger partial charge in [0.05, 0.1) is 0 Å². The predicted octanol–water partition coefficient (Wildman–Crippen LogP) is 1.83. The van der Waals surface area contributed by atoms with Gasteiger partial charge in [0.15, 0.2) is 0 Å². The van der Waals surface area contributed by atoms with Crippen LogP contribution in [0.2, 0.25) is 0 Å². The third-order valence-corrected chi connectivity index (χ3v) is 3.69. The summed E-state index contributed by atoms with van der Waals surface area (Å²) in [7, 11) is 0. The van der Waals surface area contributed by atoms with E-state index in [0.29, 0.717) is 0 Å². The standard InChI is InChI=1S/C13H18N4OS/c1-2-6-14-7-3-4-12-16-17-13(19-12)10-5-8-15-11(18)9-10/h5,8-9,14H,2-4,6-7H2,1H3,(H,15,18). The number of aryl methyl sites for hydroxylation is 1. The normalized spacial score (nSPS) is 10.8. The molecule has 5 nitrogen and oxygen atoms in total. The van der Waals surface area contributed by atoms with Crippen molar-refractivity contribution in [3.05, 3.63) is 33.7 Å². The molecule has 2 N–H and O–H groups in total. The fraction of sp³-hybridized carbons (Fsp3) is 0.462. The topological polar surface area (TPSA) is 70.7 Å². The number of pyridine rings is 1. The smallest absolute Gasteiger partial charge is 0.248 e. The molecule has 0 aliphatic heterocycles. The molecule has 0 spiro atoms. The summed E-state index contributed by atoms with van der Waals surface area (Å²) in [6.45, 7) is 4.23. The van der Waals surface area contributed by atoms with Gasteiger partial charge in [-0.25, -0.2) is 0 Å². The van der Waals surface area contributed by atoms with Crippen molar-refractivity contribution >= 4 is 11.3 Å². The number of hydrogen-bond acceptors (Lipinski definition) is 5. The van der Waals surface area contributed by atoms with Crippen LogP contribution in [0.25, 0.3) is 10.6 Å². The summed E-state index contributed by atoms with van der Waals surface area (Å²) < 4.78 is 0. The molecule has 102 valence electrons. The Morgan fingerprint density at radius 2 is 2.26 bits per heavy atom. The van der Waals surface area contributed by atoms with Crippen LogP contribution >= 0.6 is 11.3 Å². The maximum atomic E-state index is 11.2. The molecule has 0 aliphatic carbocycles. The lowest BCUT2D eigenvalue weighted by atomic mass is 10.3. The number of aromatic nitrogens is 3. The predicted molar refractivity (Wildman–Crippen MR) is 77.4 cm³/mol. The van der Waals surface area contributed by atoms with Crippen molar-refractivity contribution in [1.29, 1.82) is 0 Å². The number of rotatable bonds is 7. The van der Waals surface area contributed by atoms with Crippen molar-refractivity contribution in [1.82, 2.24) is 20.5 Å². The molecule has 0 bridgehead atoms. The molecule has 0 unspecified atom stereocenters. The molecule has 0 fully saturated rings. The molecule has 0 radical (unpaired) electrons. The van der Waals surface area contributed by atoms with E-state index in [9.17, 15) is 4.79 Å². The van der Waals surface area contributed by atoms with Crippen molar-refractivity contribution in [2.24, 2.45) is 0 Å². The van der Waals surface area contributed by atoms with E-state index in [4.69, 9.17) is 0 Å². The Morgan fingerprint density at radius 1 is 1.37 bits per heavy atom. The zero-order chi connectivity index (χ0) is 13.5. The highest BCUT2D eigenvalue weighted by molar-refractivity contribution is 7.14. The molecular weight excluding hydrogens is 260 g/mol. The van der Waals surface area contributed by atoms with E-state index >= 15 is 0 Å². The SMILES string of the molecule is CCCNCCCc1nnc(-c2cc[nH]c(=O)c2)s1. The Kier molecular flexibility index (Phi) is 5.23. The molecule has 2 heterocycles. The van der Waals surface area contributed by atoms with Gasteiger partial charge in [-0.15, -0.1) is 10.2 Å². The third-order valence-electron chi connectivity index (χ3n) is 2.66. The van der Waals surface area contributed by atoms with E-state index < -0.39 is 0 Å². The molecule has 0 saturated heterocycles. The molecule has 0 aromatic carbocycles. The van der Waals surface area contributed by atoms with E-state index in [1.165, 1.54) is 0 Å². The first-order chi connectivity index (χ1) is 9.29. The van der Waals surface area contributed by atoms with Crippen LogP contribution in [0, 0.1) is 0 Å². The van der Waals surface area contributed by atoms with Crippen molar-refractivity contribution in [2.45, 2.75) is 26.2 Å². The van der Waals surface area contributed by atoms with Gasteiger partial charge in [-0.3, -0.25) is 4.79 Å². The molecular formula is C13H18N4OS. The van der Waals surface area contributed by atoms with Crippen LogP contribution in [0.5, 0.6) is 0 Å². The second-order valence-corrected chi connectivity index (χ2v) is 5.36. The average molecular weight is 278 g/mol. The Labute approximate surface area is 116 Å². The fourth-order valence-corrected chi connectivity index (χ4v) is 2.59. The quantitative estimate of drug-likeness (QED) is 0.758. The van der Waals surface area contributed by atoms with Crippen LogP contribution in [0.3, 0.4) is 0 Å². The van der Waals surface area contributed by atoms with Crippen LogP contribution in [0.4, 0.5) is 0 Å². The van der Waals surface area contributed by atoms with Gasteiger partial charge in [-0.1, -0.05) is 18.3 Å². The molecule has 6 heteroatoms. The zero-order valence-electron chi connectivity index (χ0n) is 11.0. The van der Waals surface area contributed by atoms with Crippen molar-refractivity contribution < 1.29 is 0 Å². The Bertz CT molecular complexity index is 564. The summed E-state index contributed by atoms with van der Waals surface area (Å²) in [6, 6.07) is 3.39. The van der Waals surface area contributed by atoms with Gasteiger partial charge in [-0.2, -0.15) is 0 Å². The third kappa shape index (κ3) is 4.25. The molecule has 0 atom stereocenters. The minimum Gasteiger partial charge on any atom is -0.329 e. The molecule has 2 rings (SSSR count). The molecule has 2 aromatic heterocycles. The highest BCUT2D eigenvalue weighted by Crippen LogP contribution is 2.22. The summed E-state index contributed by atoms with van der Waals surface area (Å²) in [4.78, 5) is 13.8. The van der Waals surface area contributed by atoms with E-state index in [1.807, 2.05) is 6.07 Å². The Hall–Kier alpha value is -1.53. The summed E-state index contributed by atoms with van der Waals surface area (Å²) >= 11 is 1.56. The van der Waals surface area contributed by atoms with E-state index in [2.05, 4.69) is 27.4 Å². The van der Waals surface area contributed by atoms with Gasteiger partial charge in [0.2, 0.25) is 5.56 Å². The van der Waals surface area contributed by atoms with E-state index in [0.717, 1.165) is 47.9 Å². The average Bonchev–Trinajstić information content (AvgIpc) is 2.87. The number of nitrogens with one attached hydrogen (secondary N) is 2. The lowest BCUT2D eigenvalue weighted by Gasteiger charge is -1.99. The first-order valence-corrected chi connectivity index (χ1v) is 7.33. The van der Waals surface area contributed by atoms with Crippen LogP contribution < -0.4 is 10.9 Å². The summed E-state index contributed by atoms with van der Waals surface area (Å²) in [5.41, 5.74) is 0.717. The van der Waals surface area contributed by atoms with Gasteiger partial charge in [0, 0.05) is 24.2 Å². The molecule has 19 heavy (non-hydrogen) atoms. The van der Waals surface area contributed by atoms with E-state index in [1.54, 1.807) is 23.6 Å². The van der Waals surface area contributed by atoms with Crippen LogP contribution in [0.1, 0.15) is 24.8 Å². The molecule has 0 amide bonds. The number of nitrogens with zero attached hydrogens (tertiary/aromatic N) is 2. The van der Waals surface area contributed by atoms with Crippen LogP contribution in [-0.2, 0) is 6.42 Å². The van der Waals surface area contributed by atoms with Crippen molar-refractivity contribution in [3.8, 4) is 10.6 Å². The molecule has 2 aromatic rings. The fourth-order valence-electron chi connectivity index (χ4n) is 1.72. The number of aromatic amines is 1. The van der Waals surface area contributed by atoms with Gasteiger partial charge >= 0.3 is 0 Å². The largest absolute Gasteiger partial charge is 0.329 e. The van der Waals surface area contributed by atoms with Crippen molar-refractivity contribution in [2.75, 3.05) is 13.1 Å². The van der Waals surface area contributed by atoms with Gasteiger partial charge in [0.25, 0.3) is 0 Å². The zero-order valence-corrected chi connectivity index (χ0v) is 11.8.